The number of rotatable bonds is 5. The third kappa shape index (κ3) is 3.83. The maximum Gasteiger partial charge on any atom is 0.335 e. The number of hydrogen-bond acceptors (Lipinski definition) is 2. The average Bonchev–Trinajstić information content (AvgIpc) is 2.46. The molecule has 1 aromatic rings. The van der Waals surface area contributed by atoms with E-state index in [2.05, 4.69) is 24.3 Å². The highest BCUT2D eigenvalue weighted by Crippen LogP contribution is 2.32. The molecule has 1 saturated carbocycles. The highest BCUT2D eigenvalue weighted by Gasteiger charge is 2.29. The summed E-state index contributed by atoms with van der Waals surface area (Å²) in [5.74, 6) is -0.462. The molecule has 3 nitrogen and oxygen atoms in total. The van der Waals surface area contributed by atoms with Crippen molar-refractivity contribution >= 4 is 5.97 Å². The first-order valence-corrected chi connectivity index (χ1v) is 7.53. The van der Waals surface area contributed by atoms with Crippen LogP contribution in [0.15, 0.2) is 24.3 Å². The number of aliphatic carboxylic acids is 1. The summed E-state index contributed by atoms with van der Waals surface area (Å²) in [6, 6.07) is 8.48. The molecule has 1 aliphatic carbocycles. The highest BCUT2D eigenvalue weighted by atomic mass is 16.4. The van der Waals surface area contributed by atoms with Crippen LogP contribution in [-0.4, -0.2) is 21.8 Å². The van der Waals surface area contributed by atoms with Gasteiger partial charge in [0.15, 0.2) is 5.60 Å². The van der Waals surface area contributed by atoms with Crippen molar-refractivity contribution in [3.8, 4) is 0 Å². The molecule has 0 radical (unpaired) electrons. The molecular weight excluding hydrogens is 252 g/mol. The lowest BCUT2D eigenvalue weighted by Crippen LogP contribution is -2.35. The molecule has 1 atom stereocenters. The standard InChI is InChI=1S/C17H24O3/c1-17(20,16(18)19)12-11-13-7-9-15(10-8-13)14-5-3-2-4-6-14/h7-10,14,20H,2-6,11-12H2,1H3,(H,18,19). The number of carboxylic acid groups (broad SMARTS) is 1. The lowest BCUT2D eigenvalue weighted by atomic mass is 9.83. The van der Waals surface area contributed by atoms with Crippen LogP contribution in [-0.2, 0) is 11.2 Å². The van der Waals surface area contributed by atoms with Gasteiger partial charge in [0.2, 0.25) is 0 Å². The van der Waals surface area contributed by atoms with Gasteiger partial charge in [-0.05, 0) is 49.7 Å². The van der Waals surface area contributed by atoms with E-state index in [1.165, 1.54) is 44.6 Å². The average molecular weight is 276 g/mol. The van der Waals surface area contributed by atoms with E-state index in [9.17, 15) is 9.90 Å². The minimum absolute atomic E-state index is 0.241. The van der Waals surface area contributed by atoms with Crippen LogP contribution in [0.2, 0.25) is 0 Å². The van der Waals surface area contributed by atoms with E-state index in [1.807, 2.05) is 0 Å². The third-order valence-electron chi connectivity index (χ3n) is 4.42. The highest BCUT2D eigenvalue weighted by molar-refractivity contribution is 5.76. The van der Waals surface area contributed by atoms with Gasteiger partial charge in [0.05, 0.1) is 0 Å². The molecule has 0 aromatic heterocycles. The molecule has 1 aromatic carbocycles. The van der Waals surface area contributed by atoms with Gasteiger partial charge in [-0.15, -0.1) is 0 Å². The van der Waals surface area contributed by atoms with Gasteiger partial charge in [0.25, 0.3) is 0 Å². The molecule has 2 rings (SSSR count). The largest absolute Gasteiger partial charge is 0.479 e. The van der Waals surface area contributed by atoms with Crippen LogP contribution in [0, 0.1) is 0 Å². The van der Waals surface area contributed by atoms with Crippen molar-refractivity contribution < 1.29 is 15.0 Å². The molecule has 0 heterocycles. The second-order valence-electron chi connectivity index (χ2n) is 6.16. The predicted molar refractivity (Wildman–Crippen MR) is 78.8 cm³/mol. The van der Waals surface area contributed by atoms with Gasteiger partial charge in [-0.3, -0.25) is 0 Å². The van der Waals surface area contributed by atoms with Crippen LogP contribution in [0.5, 0.6) is 0 Å². The van der Waals surface area contributed by atoms with Crippen LogP contribution >= 0.6 is 0 Å². The Labute approximate surface area is 120 Å². The van der Waals surface area contributed by atoms with Crippen molar-refractivity contribution in [3.63, 3.8) is 0 Å². The van der Waals surface area contributed by atoms with Crippen LogP contribution in [0.1, 0.15) is 62.5 Å². The lowest BCUT2D eigenvalue weighted by molar-refractivity contribution is -0.157. The fourth-order valence-corrected chi connectivity index (χ4v) is 2.89. The van der Waals surface area contributed by atoms with E-state index < -0.39 is 11.6 Å². The normalized spacial score (nSPS) is 19.5. The Morgan fingerprint density at radius 1 is 1.20 bits per heavy atom. The van der Waals surface area contributed by atoms with Gasteiger partial charge >= 0.3 is 5.97 Å². The number of aryl methyl sites for hydroxylation is 1. The predicted octanol–water partition coefficient (Wildman–Crippen LogP) is 3.50. The molecule has 0 saturated heterocycles. The first-order chi connectivity index (χ1) is 9.49. The Morgan fingerprint density at radius 3 is 2.35 bits per heavy atom. The van der Waals surface area contributed by atoms with Crippen molar-refractivity contribution in [1.82, 2.24) is 0 Å². The Morgan fingerprint density at radius 2 is 1.80 bits per heavy atom. The van der Waals surface area contributed by atoms with E-state index in [1.54, 1.807) is 0 Å². The molecule has 2 N–H and O–H groups in total. The van der Waals surface area contributed by atoms with Crippen molar-refractivity contribution in [2.24, 2.45) is 0 Å². The van der Waals surface area contributed by atoms with Crippen molar-refractivity contribution in [2.75, 3.05) is 0 Å². The van der Waals surface area contributed by atoms with Crippen LogP contribution in [0.4, 0.5) is 0 Å². The van der Waals surface area contributed by atoms with Crippen molar-refractivity contribution in [3.05, 3.63) is 35.4 Å². The van der Waals surface area contributed by atoms with Gasteiger partial charge in [0.1, 0.15) is 0 Å². The molecule has 3 heteroatoms. The fraction of sp³-hybridized carbons (Fsp3) is 0.588. The van der Waals surface area contributed by atoms with Gasteiger partial charge in [-0.25, -0.2) is 4.79 Å². The second-order valence-corrected chi connectivity index (χ2v) is 6.16. The zero-order valence-corrected chi connectivity index (χ0v) is 12.1. The van der Waals surface area contributed by atoms with Gasteiger partial charge in [-0.2, -0.15) is 0 Å². The fourth-order valence-electron chi connectivity index (χ4n) is 2.89. The molecule has 0 amide bonds. The van der Waals surface area contributed by atoms with Gasteiger partial charge in [0, 0.05) is 0 Å². The van der Waals surface area contributed by atoms with Crippen LogP contribution in [0.25, 0.3) is 0 Å². The molecule has 1 unspecified atom stereocenters. The van der Waals surface area contributed by atoms with Crippen LogP contribution < -0.4 is 0 Å². The summed E-state index contributed by atoms with van der Waals surface area (Å²) in [7, 11) is 0. The zero-order chi connectivity index (χ0) is 14.6. The van der Waals surface area contributed by atoms with E-state index in [-0.39, 0.29) is 6.42 Å². The van der Waals surface area contributed by atoms with Crippen molar-refractivity contribution in [2.45, 2.75) is 63.4 Å². The molecule has 1 aliphatic rings. The maximum atomic E-state index is 10.9. The number of hydrogen-bond donors (Lipinski definition) is 2. The molecule has 0 aliphatic heterocycles. The van der Waals surface area contributed by atoms with E-state index in [0.717, 1.165) is 5.56 Å². The summed E-state index contributed by atoms with van der Waals surface area (Å²) in [4.78, 5) is 10.9. The summed E-state index contributed by atoms with van der Waals surface area (Å²) < 4.78 is 0. The summed E-state index contributed by atoms with van der Waals surface area (Å²) in [6.45, 7) is 1.35. The van der Waals surface area contributed by atoms with Crippen LogP contribution in [0.3, 0.4) is 0 Å². The number of benzene rings is 1. The zero-order valence-electron chi connectivity index (χ0n) is 12.1. The first kappa shape index (κ1) is 15.0. The quantitative estimate of drug-likeness (QED) is 0.865. The molecule has 110 valence electrons. The maximum absolute atomic E-state index is 10.9. The summed E-state index contributed by atoms with van der Waals surface area (Å²) in [6.07, 6.45) is 7.41. The summed E-state index contributed by atoms with van der Waals surface area (Å²) >= 11 is 0. The SMILES string of the molecule is CC(O)(CCc1ccc(C2CCCCC2)cc1)C(=O)O. The Bertz CT molecular complexity index is 442. The first-order valence-electron chi connectivity index (χ1n) is 7.53. The Hall–Kier alpha value is -1.35. The molecular formula is C17H24O3. The molecule has 1 fully saturated rings. The Kier molecular flexibility index (Phi) is 4.81. The number of aliphatic hydroxyl groups is 1. The Balaban J connectivity index is 1.93. The lowest BCUT2D eigenvalue weighted by Gasteiger charge is -2.22. The summed E-state index contributed by atoms with van der Waals surface area (Å²) in [5, 5.41) is 18.6. The second kappa shape index (κ2) is 6.40. The third-order valence-corrected chi connectivity index (χ3v) is 4.42. The monoisotopic (exact) mass is 276 g/mol. The smallest absolute Gasteiger partial charge is 0.335 e. The minimum atomic E-state index is -1.64. The van der Waals surface area contributed by atoms with Gasteiger partial charge in [-0.1, -0.05) is 43.5 Å². The van der Waals surface area contributed by atoms with E-state index in [4.69, 9.17) is 5.11 Å². The van der Waals surface area contributed by atoms with Gasteiger partial charge < -0.3 is 10.2 Å². The topological polar surface area (TPSA) is 57.5 Å². The van der Waals surface area contributed by atoms with Crippen molar-refractivity contribution in [1.29, 1.82) is 0 Å². The van der Waals surface area contributed by atoms with E-state index >= 15 is 0 Å². The molecule has 0 spiro atoms. The minimum Gasteiger partial charge on any atom is -0.479 e. The summed E-state index contributed by atoms with van der Waals surface area (Å²) in [5.41, 5.74) is 0.853. The number of carbonyl (C=O) groups is 1. The molecule has 0 bridgehead atoms. The number of carboxylic acids is 1. The molecule has 20 heavy (non-hydrogen) atoms. The van der Waals surface area contributed by atoms with E-state index in [0.29, 0.717) is 12.3 Å².